The third kappa shape index (κ3) is 2.65. The standard InChI is InChI=1S/C11H16ClN3O/c1-11(2,3)15(14)10(16)8-6-7(12)4-5-9(8)13/h4-6H,13-14H2,1-3H3. The highest BCUT2D eigenvalue weighted by Gasteiger charge is 2.25. The van der Waals surface area contributed by atoms with Crippen LogP contribution in [0.15, 0.2) is 18.2 Å². The monoisotopic (exact) mass is 241 g/mol. The van der Waals surface area contributed by atoms with Crippen LogP contribution in [0.25, 0.3) is 0 Å². The van der Waals surface area contributed by atoms with Gasteiger partial charge in [0.1, 0.15) is 0 Å². The molecule has 4 N–H and O–H groups in total. The number of halogens is 1. The molecule has 0 unspecified atom stereocenters. The molecule has 0 spiro atoms. The first-order valence-corrected chi connectivity index (χ1v) is 5.25. The van der Waals surface area contributed by atoms with Gasteiger partial charge >= 0.3 is 0 Å². The molecular weight excluding hydrogens is 226 g/mol. The molecule has 4 nitrogen and oxygen atoms in total. The lowest BCUT2D eigenvalue weighted by molar-refractivity contribution is 0.0583. The normalized spacial score (nSPS) is 11.3. The Balaban J connectivity index is 3.10. The van der Waals surface area contributed by atoms with Crippen molar-refractivity contribution < 1.29 is 4.79 Å². The quantitative estimate of drug-likeness (QED) is 0.342. The van der Waals surface area contributed by atoms with Gasteiger partial charge in [0.25, 0.3) is 5.91 Å². The van der Waals surface area contributed by atoms with E-state index in [4.69, 9.17) is 23.2 Å². The highest BCUT2D eigenvalue weighted by Crippen LogP contribution is 2.21. The van der Waals surface area contributed by atoms with E-state index in [1.165, 1.54) is 6.07 Å². The van der Waals surface area contributed by atoms with Crippen LogP contribution in [0, 0.1) is 0 Å². The molecule has 0 radical (unpaired) electrons. The van der Waals surface area contributed by atoms with Crippen LogP contribution in [-0.4, -0.2) is 16.5 Å². The maximum atomic E-state index is 12.0. The number of amides is 1. The van der Waals surface area contributed by atoms with Crippen molar-refractivity contribution in [2.45, 2.75) is 26.3 Å². The molecule has 1 rings (SSSR count). The molecule has 0 bridgehead atoms. The number of carbonyl (C=O) groups excluding carboxylic acids is 1. The maximum Gasteiger partial charge on any atom is 0.270 e. The van der Waals surface area contributed by atoms with Gasteiger partial charge in [-0.15, -0.1) is 0 Å². The van der Waals surface area contributed by atoms with Crippen LogP contribution in [-0.2, 0) is 0 Å². The number of hydrogen-bond donors (Lipinski definition) is 2. The van der Waals surface area contributed by atoms with E-state index in [-0.39, 0.29) is 5.91 Å². The minimum absolute atomic E-state index is 0.324. The Morgan fingerprint density at radius 3 is 2.44 bits per heavy atom. The summed E-state index contributed by atoms with van der Waals surface area (Å²) < 4.78 is 0. The first-order valence-electron chi connectivity index (χ1n) is 4.88. The van der Waals surface area contributed by atoms with Crippen molar-refractivity contribution in [3.8, 4) is 0 Å². The number of benzene rings is 1. The van der Waals surface area contributed by atoms with E-state index in [0.29, 0.717) is 16.3 Å². The van der Waals surface area contributed by atoms with E-state index >= 15 is 0 Å². The molecule has 0 fully saturated rings. The van der Waals surface area contributed by atoms with Gasteiger partial charge in [-0.1, -0.05) is 11.6 Å². The number of anilines is 1. The molecule has 1 aromatic carbocycles. The molecule has 0 aromatic heterocycles. The Morgan fingerprint density at radius 2 is 1.94 bits per heavy atom. The van der Waals surface area contributed by atoms with Crippen molar-refractivity contribution in [1.29, 1.82) is 0 Å². The number of nitrogens with zero attached hydrogens (tertiary/aromatic N) is 1. The largest absolute Gasteiger partial charge is 0.398 e. The van der Waals surface area contributed by atoms with E-state index in [0.717, 1.165) is 5.01 Å². The maximum absolute atomic E-state index is 12.0. The van der Waals surface area contributed by atoms with Gasteiger partial charge in [0, 0.05) is 10.7 Å². The molecule has 0 atom stereocenters. The van der Waals surface area contributed by atoms with Gasteiger partial charge in [-0.25, -0.2) is 5.84 Å². The van der Waals surface area contributed by atoms with Crippen molar-refractivity contribution in [3.05, 3.63) is 28.8 Å². The van der Waals surface area contributed by atoms with Crippen LogP contribution in [0.2, 0.25) is 5.02 Å². The predicted molar refractivity (Wildman–Crippen MR) is 66.0 cm³/mol. The van der Waals surface area contributed by atoms with Gasteiger partial charge < -0.3 is 5.73 Å². The minimum atomic E-state index is -0.466. The highest BCUT2D eigenvalue weighted by atomic mass is 35.5. The van der Waals surface area contributed by atoms with Gasteiger partial charge in [0.15, 0.2) is 0 Å². The third-order valence-electron chi connectivity index (χ3n) is 2.19. The van der Waals surface area contributed by atoms with E-state index in [1.54, 1.807) is 12.1 Å². The molecule has 1 amide bonds. The second-order valence-corrected chi connectivity index (χ2v) is 5.01. The average molecular weight is 242 g/mol. The number of carbonyl (C=O) groups is 1. The van der Waals surface area contributed by atoms with Gasteiger partial charge in [-0.2, -0.15) is 0 Å². The zero-order valence-corrected chi connectivity index (χ0v) is 10.4. The van der Waals surface area contributed by atoms with Crippen molar-refractivity contribution >= 4 is 23.2 Å². The molecule has 5 heteroatoms. The Hall–Kier alpha value is -1.26. The second kappa shape index (κ2) is 4.31. The molecule has 88 valence electrons. The lowest BCUT2D eigenvalue weighted by Crippen LogP contribution is -2.50. The first kappa shape index (κ1) is 12.8. The van der Waals surface area contributed by atoms with Gasteiger partial charge in [-0.05, 0) is 39.0 Å². The molecular formula is C11H16ClN3O. The molecule has 0 saturated carbocycles. The van der Waals surface area contributed by atoms with Gasteiger partial charge in [0.2, 0.25) is 0 Å². The molecule has 0 aliphatic rings. The molecule has 0 aliphatic heterocycles. The Morgan fingerprint density at radius 1 is 1.38 bits per heavy atom. The number of hydrazine groups is 1. The van der Waals surface area contributed by atoms with Crippen molar-refractivity contribution in [1.82, 2.24) is 5.01 Å². The van der Waals surface area contributed by atoms with E-state index < -0.39 is 5.54 Å². The molecule has 1 aromatic rings. The van der Waals surface area contributed by atoms with Gasteiger partial charge in [-0.3, -0.25) is 9.80 Å². The van der Waals surface area contributed by atoms with Crippen LogP contribution < -0.4 is 11.6 Å². The Labute approximate surface area is 100 Å². The summed E-state index contributed by atoms with van der Waals surface area (Å²) in [4.78, 5) is 12.0. The summed E-state index contributed by atoms with van der Waals surface area (Å²) in [6.07, 6.45) is 0. The fourth-order valence-corrected chi connectivity index (χ4v) is 1.32. The smallest absolute Gasteiger partial charge is 0.270 e. The van der Waals surface area contributed by atoms with Crippen LogP contribution in [0.1, 0.15) is 31.1 Å². The van der Waals surface area contributed by atoms with Crippen LogP contribution in [0.4, 0.5) is 5.69 Å². The summed E-state index contributed by atoms with van der Waals surface area (Å²) in [7, 11) is 0. The fourth-order valence-electron chi connectivity index (χ4n) is 1.15. The van der Waals surface area contributed by atoms with Crippen LogP contribution in [0.5, 0.6) is 0 Å². The van der Waals surface area contributed by atoms with E-state index in [9.17, 15) is 4.79 Å². The lowest BCUT2D eigenvalue weighted by Gasteiger charge is -2.31. The zero-order chi connectivity index (χ0) is 12.5. The van der Waals surface area contributed by atoms with Gasteiger partial charge in [0.05, 0.1) is 11.1 Å². The van der Waals surface area contributed by atoms with Crippen LogP contribution >= 0.6 is 11.6 Å². The SMILES string of the molecule is CC(C)(C)N(N)C(=O)c1cc(Cl)ccc1N. The predicted octanol–water partition coefficient (Wildman–Crippen LogP) is 2.04. The fraction of sp³-hybridized carbons (Fsp3) is 0.364. The second-order valence-electron chi connectivity index (χ2n) is 4.58. The van der Waals surface area contributed by atoms with E-state index in [1.807, 2.05) is 20.8 Å². The average Bonchev–Trinajstić information content (AvgIpc) is 2.18. The van der Waals surface area contributed by atoms with Crippen LogP contribution in [0.3, 0.4) is 0 Å². The topological polar surface area (TPSA) is 72.3 Å². The molecule has 0 heterocycles. The molecule has 16 heavy (non-hydrogen) atoms. The van der Waals surface area contributed by atoms with E-state index in [2.05, 4.69) is 0 Å². The number of nitrogens with two attached hydrogens (primary N) is 2. The summed E-state index contributed by atoms with van der Waals surface area (Å²) in [6.45, 7) is 5.52. The molecule has 0 saturated heterocycles. The first-order chi connectivity index (χ1) is 7.23. The third-order valence-corrected chi connectivity index (χ3v) is 2.42. The zero-order valence-electron chi connectivity index (χ0n) is 9.62. The minimum Gasteiger partial charge on any atom is -0.398 e. The summed E-state index contributed by atoms with van der Waals surface area (Å²) in [6, 6.07) is 4.74. The Bertz CT molecular complexity index is 412. The summed E-state index contributed by atoms with van der Waals surface area (Å²) in [5, 5.41) is 1.61. The summed E-state index contributed by atoms with van der Waals surface area (Å²) in [5.74, 6) is 5.39. The summed E-state index contributed by atoms with van der Waals surface area (Å²) >= 11 is 5.81. The van der Waals surface area contributed by atoms with Crippen molar-refractivity contribution in [3.63, 3.8) is 0 Å². The Kier molecular flexibility index (Phi) is 3.45. The van der Waals surface area contributed by atoms with Crippen molar-refractivity contribution in [2.75, 3.05) is 5.73 Å². The number of nitrogen functional groups attached to an aromatic ring is 1. The number of hydrogen-bond acceptors (Lipinski definition) is 3. The van der Waals surface area contributed by atoms with Crippen molar-refractivity contribution in [2.24, 2.45) is 5.84 Å². The lowest BCUT2D eigenvalue weighted by atomic mass is 10.1. The number of rotatable bonds is 1. The highest BCUT2D eigenvalue weighted by molar-refractivity contribution is 6.31. The summed E-state index contributed by atoms with van der Waals surface area (Å²) in [5.41, 5.74) is 5.94. The molecule has 0 aliphatic carbocycles.